The molecule has 2 atom stereocenters. The number of nitrogens with zero attached hydrogens (tertiary/aromatic N) is 1. The van der Waals surface area contributed by atoms with Crippen molar-refractivity contribution in [1.82, 2.24) is 4.90 Å². The van der Waals surface area contributed by atoms with Gasteiger partial charge in [-0.1, -0.05) is 48.0 Å². The van der Waals surface area contributed by atoms with Crippen molar-refractivity contribution in [2.45, 2.75) is 25.9 Å². The van der Waals surface area contributed by atoms with Crippen LogP contribution in [0.5, 0.6) is 0 Å². The van der Waals surface area contributed by atoms with Gasteiger partial charge < -0.3 is 10.0 Å². The lowest BCUT2D eigenvalue weighted by atomic mass is 9.88. The van der Waals surface area contributed by atoms with Crippen LogP contribution in [0.1, 0.15) is 40.4 Å². The number of benzene rings is 2. The number of likely N-dealkylation sites (tertiary alicyclic amines) is 1. The summed E-state index contributed by atoms with van der Waals surface area (Å²) in [4.78, 5) is 14.5. The molecule has 1 aliphatic heterocycles. The Kier molecular flexibility index (Phi) is 4.77. The van der Waals surface area contributed by atoms with Crippen molar-refractivity contribution in [1.29, 1.82) is 0 Å². The van der Waals surface area contributed by atoms with E-state index in [1.807, 2.05) is 66.4 Å². The second-order valence-corrected chi connectivity index (χ2v) is 6.38. The molecule has 0 bridgehead atoms. The SMILES string of the molecule is Cc1ccc([C@H](O)C2CCCN(C(=O)c3ccccc3)C2)cc1. The van der Waals surface area contributed by atoms with Gasteiger partial charge in [-0.2, -0.15) is 0 Å². The summed E-state index contributed by atoms with van der Waals surface area (Å²) >= 11 is 0. The lowest BCUT2D eigenvalue weighted by molar-refractivity contribution is 0.0401. The van der Waals surface area contributed by atoms with Crippen LogP contribution in [0.2, 0.25) is 0 Å². The zero-order valence-electron chi connectivity index (χ0n) is 13.5. The number of carbonyl (C=O) groups excluding carboxylic acids is 1. The highest BCUT2D eigenvalue weighted by atomic mass is 16.3. The van der Waals surface area contributed by atoms with E-state index in [-0.39, 0.29) is 11.8 Å². The average molecular weight is 309 g/mol. The number of hydrogen-bond acceptors (Lipinski definition) is 2. The first kappa shape index (κ1) is 15.8. The first-order valence-corrected chi connectivity index (χ1v) is 8.24. The van der Waals surface area contributed by atoms with Gasteiger partial charge in [-0.25, -0.2) is 0 Å². The average Bonchev–Trinajstić information content (AvgIpc) is 2.62. The molecule has 1 saturated heterocycles. The summed E-state index contributed by atoms with van der Waals surface area (Å²) in [5.74, 6) is 0.158. The molecule has 3 nitrogen and oxygen atoms in total. The fraction of sp³-hybridized carbons (Fsp3) is 0.350. The van der Waals surface area contributed by atoms with Crippen molar-refractivity contribution in [3.63, 3.8) is 0 Å². The number of hydrogen-bond donors (Lipinski definition) is 1. The molecule has 1 heterocycles. The summed E-state index contributed by atoms with van der Waals surface area (Å²) in [5.41, 5.74) is 2.85. The Morgan fingerprint density at radius 2 is 1.83 bits per heavy atom. The number of rotatable bonds is 3. The summed E-state index contributed by atoms with van der Waals surface area (Å²) < 4.78 is 0. The third-order valence-electron chi connectivity index (χ3n) is 4.63. The number of piperidine rings is 1. The molecular weight excluding hydrogens is 286 g/mol. The van der Waals surface area contributed by atoms with E-state index in [1.165, 1.54) is 5.56 Å². The second kappa shape index (κ2) is 6.97. The van der Waals surface area contributed by atoms with E-state index in [4.69, 9.17) is 0 Å². The third-order valence-corrected chi connectivity index (χ3v) is 4.63. The van der Waals surface area contributed by atoms with E-state index in [0.29, 0.717) is 6.54 Å². The van der Waals surface area contributed by atoms with E-state index < -0.39 is 6.10 Å². The van der Waals surface area contributed by atoms with Crippen LogP contribution >= 0.6 is 0 Å². The van der Waals surface area contributed by atoms with E-state index in [2.05, 4.69) is 0 Å². The molecule has 2 aromatic carbocycles. The van der Waals surface area contributed by atoms with Crippen molar-refractivity contribution < 1.29 is 9.90 Å². The Morgan fingerprint density at radius 1 is 1.13 bits per heavy atom. The quantitative estimate of drug-likeness (QED) is 0.941. The second-order valence-electron chi connectivity index (χ2n) is 6.38. The molecule has 1 aliphatic rings. The standard InChI is InChI=1S/C20H23NO2/c1-15-9-11-16(12-10-15)19(22)18-8-5-13-21(14-18)20(23)17-6-3-2-4-7-17/h2-4,6-7,9-12,18-19,22H,5,8,13-14H2,1H3/t18?,19-/m0/s1. The Bertz CT molecular complexity index is 651. The number of aryl methyl sites for hydroxylation is 1. The molecule has 0 saturated carbocycles. The first-order valence-electron chi connectivity index (χ1n) is 8.24. The maximum atomic E-state index is 12.6. The molecule has 0 aliphatic carbocycles. The Labute approximate surface area is 137 Å². The third kappa shape index (κ3) is 3.62. The van der Waals surface area contributed by atoms with Gasteiger partial charge in [-0.3, -0.25) is 4.79 Å². The predicted octanol–water partition coefficient (Wildman–Crippen LogP) is 3.58. The van der Waals surface area contributed by atoms with Crippen LogP contribution in [0.4, 0.5) is 0 Å². The summed E-state index contributed by atoms with van der Waals surface area (Å²) in [6.07, 6.45) is 1.38. The van der Waals surface area contributed by atoms with Crippen molar-refractivity contribution in [3.8, 4) is 0 Å². The van der Waals surface area contributed by atoms with Crippen molar-refractivity contribution in [2.75, 3.05) is 13.1 Å². The van der Waals surface area contributed by atoms with E-state index in [1.54, 1.807) is 0 Å². The summed E-state index contributed by atoms with van der Waals surface area (Å²) in [7, 11) is 0. The van der Waals surface area contributed by atoms with Gasteiger partial charge in [0.1, 0.15) is 0 Å². The van der Waals surface area contributed by atoms with Crippen LogP contribution < -0.4 is 0 Å². The topological polar surface area (TPSA) is 40.5 Å². The molecule has 0 spiro atoms. The van der Waals surface area contributed by atoms with Crippen LogP contribution in [-0.4, -0.2) is 29.0 Å². The monoisotopic (exact) mass is 309 g/mol. The van der Waals surface area contributed by atoms with Gasteiger partial charge >= 0.3 is 0 Å². The summed E-state index contributed by atoms with van der Waals surface area (Å²) in [6.45, 7) is 3.42. The summed E-state index contributed by atoms with van der Waals surface area (Å²) in [5, 5.41) is 10.7. The van der Waals surface area contributed by atoms with Crippen molar-refractivity contribution in [3.05, 3.63) is 71.3 Å². The molecule has 1 unspecified atom stereocenters. The fourth-order valence-electron chi connectivity index (χ4n) is 3.25. The number of amides is 1. The van der Waals surface area contributed by atoms with Crippen LogP contribution in [0.15, 0.2) is 54.6 Å². The maximum Gasteiger partial charge on any atom is 0.253 e. The summed E-state index contributed by atoms with van der Waals surface area (Å²) in [6, 6.07) is 17.4. The minimum absolute atomic E-state index is 0.0615. The van der Waals surface area contributed by atoms with Crippen molar-refractivity contribution >= 4 is 5.91 Å². The molecule has 120 valence electrons. The van der Waals surface area contributed by atoms with Crippen molar-refractivity contribution in [2.24, 2.45) is 5.92 Å². The molecule has 2 aromatic rings. The molecule has 1 N–H and O–H groups in total. The Morgan fingerprint density at radius 3 is 2.52 bits per heavy atom. The van der Waals surface area contributed by atoms with Gasteiger partial charge in [0.15, 0.2) is 0 Å². The van der Waals surface area contributed by atoms with Crippen LogP contribution in [0, 0.1) is 12.8 Å². The number of aliphatic hydroxyl groups excluding tert-OH is 1. The molecule has 1 fully saturated rings. The van der Waals surface area contributed by atoms with E-state index in [0.717, 1.165) is 30.5 Å². The van der Waals surface area contributed by atoms with Gasteiger partial charge in [-0.15, -0.1) is 0 Å². The Hall–Kier alpha value is -2.13. The largest absolute Gasteiger partial charge is 0.388 e. The van der Waals surface area contributed by atoms with Gasteiger partial charge in [-0.05, 0) is 37.5 Å². The highest BCUT2D eigenvalue weighted by molar-refractivity contribution is 5.94. The molecule has 0 radical (unpaired) electrons. The molecular formula is C20H23NO2. The molecule has 3 rings (SSSR count). The molecule has 1 amide bonds. The number of carbonyl (C=O) groups is 1. The normalized spacial score (nSPS) is 19.4. The van der Waals surface area contributed by atoms with E-state index in [9.17, 15) is 9.90 Å². The minimum Gasteiger partial charge on any atom is -0.388 e. The van der Waals surface area contributed by atoms with Crippen LogP contribution in [0.3, 0.4) is 0 Å². The van der Waals surface area contributed by atoms with Crippen LogP contribution in [-0.2, 0) is 0 Å². The van der Waals surface area contributed by atoms with E-state index >= 15 is 0 Å². The van der Waals surface area contributed by atoms with Crippen LogP contribution in [0.25, 0.3) is 0 Å². The fourth-order valence-corrected chi connectivity index (χ4v) is 3.25. The first-order chi connectivity index (χ1) is 11.1. The minimum atomic E-state index is -0.512. The smallest absolute Gasteiger partial charge is 0.253 e. The zero-order chi connectivity index (χ0) is 16.2. The Balaban J connectivity index is 1.70. The zero-order valence-corrected chi connectivity index (χ0v) is 13.5. The molecule has 23 heavy (non-hydrogen) atoms. The lowest BCUT2D eigenvalue weighted by Gasteiger charge is -2.35. The lowest BCUT2D eigenvalue weighted by Crippen LogP contribution is -2.41. The highest BCUT2D eigenvalue weighted by Crippen LogP contribution is 2.30. The highest BCUT2D eigenvalue weighted by Gasteiger charge is 2.29. The molecule has 0 aromatic heterocycles. The predicted molar refractivity (Wildman–Crippen MR) is 91.2 cm³/mol. The van der Waals surface area contributed by atoms with Gasteiger partial charge in [0.05, 0.1) is 6.10 Å². The molecule has 3 heteroatoms. The van der Waals surface area contributed by atoms with Gasteiger partial charge in [0.2, 0.25) is 0 Å². The van der Waals surface area contributed by atoms with Gasteiger partial charge in [0.25, 0.3) is 5.91 Å². The maximum absolute atomic E-state index is 12.6. The van der Waals surface area contributed by atoms with Gasteiger partial charge in [0, 0.05) is 24.6 Å². The number of aliphatic hydroxyl groups is 1.